The van der Waals surface area contributed by atoms with Crippen molar-refractivity contribution in [1.29, 1.82) is 0 Å². The van der Waals surface area contributed by atoms with Crippen molar-refractivity contribution in [2.45, 2.75) is 57.3 Å². The van der Waals surface area contributed by atoms with E-state index in [4.69, 9.17) is 0 Å². The van der Waals surface area contributed by atoms with Crippen molar-refractivity contribution in [1.82, 2.24) is 29.7 Å². The van der Waals surface area contributed by atoms with Crippen LogP contribution in [0.1, 0.15) is 38.8 Å². The summed E-state index contributed by atoms with van der Waals surface area (Å²) >= 11 is 1.29. The Hall–Kier alpha value is -1.90. The Balaban J connectivity index is 1.74. The van der Waals surface area contributed by atoms with Crippen LogP contribution < -0.4 is 5.56 Å². The Bertz CT molecular complexity index is 775. The van der Waals surface area contributed by atoms with E-state index in [0.717, 1.165) is 12.8 Å². The summed E-state index contributed by atoms with van der Waals surface area (Å²) in [6.45, 7) is 5.82. The van der Waals surface area contributed by atoms with Gasteiger partial charge in [-0.25, -0.2) is 0 Å². The number of likely N-dealkylation sites (tertiary alicyclic amines) is 1. The second-order valence-corrected chi connectivity index (χ2v) is 6.92. The summed E-state index contributed by atoms with van der Waals surface area (Å²) in [6, 6.07) is 0.553. The van der Waals surface area contributed by atoms with Crippen LogP contribution >= 0.6 is 11.8 Å². The molecular formula is C14H20N6O2S. The fraction of sp³-hybridized carbons (Fsp3) is 0.643. The van der Waals surface area contributed by atoms with Gasteiger partial charge in [-0.15, -0.1) is 10.2 Å². The quantitative estimate of drug-likeness (QED) is 0.840. The molecule has 0 spiro atoms. The van der Waals surface area contributed by atoms with Crippen LogP contribution in [0, 0.1) is 6.92 Å². The van der Waals surface area contributed by atoms with E-state index in [0.29, 0.717) is 10.9 Å². The first-order valence-corrected chi connectivity index (χ1v) is 8.72. The summed E-state index contributed by atoms with van der Waals surface area (Å²) in [4.78, 5) is 28.6. The lowest BCUT2D eigenvalue weighted by Crippen LogP contribution is -2.48. The normalized spacial score (nSPS) is 21.8. The largest absolute Gasteiger partial charge is 0.337 e. The maximum absolute atomic E-state index is 12.5. The van der Waals surface area contributed by atoms with Gasteiger partial charge in [-0.1, -0.05) is 11.8 Å². The Labute approximate surface area is 137 Å². The van der Waals surface area contributed by atoms with Crippen molar-refractivity contribution in [3.05, 3.63) is 16.0 Å². The van der Waals surface area contributed by atoms with Crippen LogP contribution in [0.2, 0.25) is 0 Å². The highest BCUT2D eigenvalue weighted by Gasteiger charge is 2.29. The Morgan fingerprint density at radius 3 is 2.70 bits per heavy atom. The molecular weight excluding hydrogens is 316 g/mol. The van der Waals surface area contributed by atoms with E-state index in [-0.39, 0.29) is 35.1 Å². The first-order valence-electron chi connectivity index (χ1n) is 7.73. The number of thioether (sulfide) groups is 1. The minimum Gasteiger partial charge on any atom is -0.337 e. The first kappa shape index (κ1) is 16.0. The number of aromatic nitrogens is 5. The highest BCUT2D eigenvalue weighted by molar-refractivity contribution is 7.99. The highest BCUT2D eigenvalue weighted by atomic mass is 32.2. The summed E-state index contributed by atoms with van der Waals surface area (Å²) in [5, 5.41) is 12.6. The molecule has 3 heterocycles. The maximum Gasteiger partial charge on any atom is 0.273 e. The Kier molecular flexibility index (Phi) is 4.38. The van der Waals surface area contributed by atoms with E-state index < -0.39 is 0 Å². The number of aromatic amines is 1. The fourth-order valence-electron chi connectivity index (χ4n) is 3.02. The molecule has 0 saturated carbocycles. The van der Waals surface area contributed by atoms with Crippen LogP contribution in [-0.2, 0) is 4.79 Å². The van der Waals surface area contributed by atoms with Crippen LogP contribution in [0.25, 0.3) is 5.78 Å². The summed E-state index contributed by atoms with van der Waals surface area (Å²) in [5.74, 6) is 0.679. The second-order valence-electron chi connectivity index (χ2n) is 5.98. The van der Waals surface area contributed by atoms with Gasteiger partial charge in [0.05, 0.1) is 5.75 Å². The van der Waals surface area contributed by atoms with Gasteiger partial charge < -0.3 is 4.90 Å². The van der Waals surface area contributed by atoms with Crippen LogP contribution in [0.15, 0.2) is 9.95 Å². The molecule has 124 valence electrons. The van der Waals surface area contributed by atoms with Crippen LogP contribution in [-0.4, -0.2) is 53.4 Å². The zero-order valence-electron chi connectivity index (χ0n) is 13.4. The van der Waals surface area contributed by atoms with Crippen molar-refractivity contribution in [2.75, 3.05) is 5.75 Å². The predicted molar refractivity (Wildman–Crippen MR) is 86.5 cm³/mol. The highest BCUT2D eigenvalue weighted by Crippen LogP contribution is 2.24. The van der Waals surface area contributed by atoms with Gasteiger partial charge >= 0.3 is 0 Å². The Morgan fingerprint density at radius 2 is 2.00 bits per heavy atom. The van der Waals surface area contributed by atoms with Crippen molar-refractivity contribution in [3.63, 3.8) is 0 Å². The third kappa shape index (κ3) is 3.10. The van der Waals surface area contributed by atoms with Gasteiger partial charge in [-0.2, -0.15) is 9.61 Å². The molecule has 1 fully saturated rings. The number of hydrogen-bond donors (Lipinski definition) is 1. The minimum absolute atomic E-state index is 0.104. The van der Waals surface area contributed by atoms with E-state index in [2.05, 4.69) is 34.1 Å². The van der Waals surface area contributed by atoms with E-state index in [9.17, 15) is 9.59 Å². The molecule has 2 aromatic rings. The number of hydrogen-bond acceptors (Lipinski definition) is 6. The number of nitrogens with one attached hydrogen (secondary N) is 1. The number of rotatable bonds is 3. The van der Waals surface area contributed by atoms with Gasteiger partial charge in [-0.05, 0) is 40.0 Å². The molecule has 1 saturated heterocycles. The fourth-order valence-corrected chi connectivity index (χ4v) is 3.77. The van der Waals surface area contributed by atoms with Gasteiger partial charge in [0.15, 0.2) is 0 Å². The molecule has 0 radical (unpaired) electrons. The van der Waals surface area contributed by atoms with E-state index >= 15 is 0 Å². The minimum atomic E-state index is -0.284. The van der Waals surface area contributed by atoms with Crippen LogP contribution in [0.4, 0.5) is 0 Å². The third-order valence-corrected chi connectivity index (χ3v) is 5.13. The van der Waals surface area contributed by atoms with Crippen LogP contribution in [0.3, 0.4) is 0 Å². The molecule has 9 heteroatoms. The zero-order chi connectivity index (χ0) is 16.6. The lowest BCUT2D eigenvalue weighted by molar-refractivity contribution is -0.134. The second kappa shape index (κ2) is 6.31. The summed E-state index contributed by atoms with van der Waals surface area (Å²) in [5.41, 5.74) is 0.0530. The van der Waals surface area contributed by atoms with E-state index in [1.165, 1.54) is 22.7 Å². The van der Waals surface area contributed by atoms with Gasteiger partial charge in [0, 0.05) is 12.1 Å². The van der Waals surface area contributed by atoms with Gasteiger partial charge in [-0.3, -0.25) is 14.6 Å². The van der Waals surface area contributed by atoms with E-state index in [1.54, 1.807) is 6.92 Å². The number of aryl methyl sites for hydroxylation is 1. The molecule has 2 aromatic heterocycles. The topological polar surface area (TPSA) is 96.2 Å². The first-order chi connectivity index (χ1) is 11.0. The SMILES string of the molecule is Cc1nn2c(SCC(=O)N3[C@H](C)CCC[C@H]3C)nnc2[nH]c1=O. The molecule has 0 aromatic carbocycles. The number of fused-ring (bicyclic) bond motifs is 1. The van der Waals surface area contributed by atoms with Gasteiger partial charge in [0.1, 0.15) is 5.69 Å². The molecule has 2 atom stereocenters. The molecule has 0 unspecified atom stereocenters. The standard InChI is InChI=1S/C14H20N6O2S/c1-8-5-4-6-9(2)19(8)11(21)7-23-14-17-16-13-15-12(22)10(3)18-20(13)14/h8-9H,4-7H2,1-3H3,(H,15,16,22)/t8-,9-/m1/s1. The molecule has 0 bridgehead atoms. The predicted octanol–water partition coefficient (Wildman–Crippen LogP) is 1.00. The van der Waals surface area contributed by atoms with Gasteiger partial charge in [0.25, 0.3) is 11.3 Å². The van der Waals surface area contributed by atoms with Gasteiger partial charge in [0.2, 0.25) is 11.1 Å². The van der Waals surface area contributed by atoms with Crippen molar-refractivity contribution >= 4 is 23.4 Å². The number of piperidine rings is 1. The van der Waals surface area contributed by atoms with Crippen molar-refractivity contribution in [3.8, 4) is 0 Å². The molecule has 1 aliphatic rings. The number of carbonyl (C=O) groups is 1. The lowest BCUT2D eigenvalue weighted by Gasteiger charge is -2.39. The summed E-state index contributed by atoms with van der Waals surface area (Å²) in [6.07, 6.45) is 3.28. The third-order valence-electron chi connectivity index (χ3n) is 4.22. The maximum atomic E-state index is 12.5. The molecule has 8 nitrogen and oxygen atoms in total. The molecule has 3 rings (SSSR count). The number of carbonyl (C=O) groups excluding carboxylic acids is 1. The zero-order valence-corrected chi connectivity index (χ0v) is 14.3. The molecule has 1 amide bonds. The van der Waals surface area contributed by atoms with Crippen molar-refractivity contribution < 1.29 is 4.79 Å². The molecule has 1 aliphatic heterocycles. The average Bonchev–Trinajstić information content (AvgIpc) is 2.87. The lowest BCUT2D eigenvalue weighted by atomic mass is 9.98. The average molecular weight is 336 g/mol. The number of H-pyrrole nitrogens is 1. The monoisotopic (exact) mass is 336 g/mol. The van der Waals surface area contributed by atoms with Crippen molar-refractivity contribution in [2.24, 2.45) is 0 Å². The molecule has 23 heavy (non-hydrogen) atoms. The molecule has 1 N–H and O–H groups in total. The molecule has 0 aliphatic carbocycles. The Morgan fingerprint density at radius 1 is 1.30 bits per heavy atom. The summed E-state index contributed by atoms with van der Waals surface area (Å²) < 4.78 is 1.47. The number of nitrogens with zero attached hydrogens (tertiary/aromatic N) is 5. The summed E-state index contributed by atoms with van der Waals surface area (Å²) in [7, 11) is 0. The smallest absolute Gasteiger partial charge is 0.273 e. The van der Waals surface area contributed by atoms with E-state index in [1.807, 2.05) is 4.90 Å². The number of amides is 1. The van der Waals surface area contributed by atoms with Crippen LogP contribution in [0.5, 0.6) is 0 Å².